The number of aryl methyl sites for hydroxylation is 1. The molecule has 0 spiro atoms. The summed E-state index contributed by atoms with van der Waals surface area (Å²) in [6, 6.07) is 5.82. The van der Waals surface area contributed by atoms with Gasteiger partial charge in [-0.3, -0.25) is 9.59 Å². The third kappa shape index (κ3) is 3.30. The number of ether oxygens (including phenoxy) is 1. The van der Waals surface area contributed by atoms with Gasteiger partial charge >= 0.3 is 5.97 Å². The Morgan fingerprint density at radius 1 is 1.15 bits per heavy atom. The van der Waals surface area contributed by atoms with Crippen molar-refractivity contribution in [3.05, 3.63) is 29.3 Å². The first-order chi connectivity index (χ1) is 12.5. The van der Waals surface area contributed by atoms with Crippen LogP contribution in [0.4, 0.5) is 5.69 Å². The number of carboxylic acids is 1. The minimum atomic E-state index is -0.768. The van der Waals surface area contributed by atoms with Crippen LogP contribution >= 0.6 is 0 Å². The van der Waals surface area contributed by atoms with Crippen LogP contribution in [0.5, 0.6) is 0 Å². The lowest BCUT2D eigenvalue weighted by molar-refractivity contribution is -0.142. The predicted octanol–water partition coefficient (Wildman–Crippen LogP) is 2.01. The molecule has 2 atom stereocenters. The van der Waals surface area contributed by atoms with Crippen LogP contribution in [0, 0.1) is 24.7 Å². The predicted molar refractivity (Wildman–Crippen MR) is 97.5 cm³/mol. The summed E-state index contributed by atoms with van der Waals surface area (Å²) >= 11 is 0. The molecule has 3 aliphatic rings. The lowest BCUT2D eigenvalue weighted by atomic mass is 9.92. The molecule has 6 heteroatoms. The maximum absolute atomic E-state index is 12.9. The van der Waals surface area contributed by atoms with Crippen LogP contribution in [0.15, 0.2) is 18.2 Å². The van der Waals surface area contributed by atoms with Gasteiger partial charge in [-0.05, 0) is 55.4 Å². The number of morpholine rings is 1. The van der Waals surface area contributed by atoms with Crippen molar-refractivity contribution in [2.45, 2.75) is 19.8 Å². The Bertz CT molecular complexity index is 710. The second-order valence-corrected chi connectivity index (χ2v) is 7.76. The number of benzene rings is 1. The second-order valence-electron chi connectivity index (χ2n) is 7.76. The number of hydrogen-bond donors (Lipinski definition) is 1. The van der Waals surface area contributed by atoms with Crippen molar-refractivity contribution in [2.75, 3.05) is 44.3 Å². The van der Waals surface area contributed by atoms with Gasteiger partial charge in [-0.2, -0.15) is 0 Å². The minimum Gasteiger partial charge on any atom is -0.481 e. The summed E-state index contributed by atoms with van der Waals surface area (Å²) in [7, 11) is 0. The Kier molecular flexibility index (Phi) is 4.61. The molecule has 26 heavy (non-hydrogen) atoms. The monoisotopic (exact) mass is 358 g/mol. The largest absolute Gasteiger partial charge is 0.481 e. The van der Waals surface area contributed by atoms with E-state index in [-0.39, 0.29) is 11.8 Å². The Balaban J connectivity index is 1.49. The number of hydrogen-bond acceptors (Lipinski definition) is 4. The summed E-state index contributed by atoms with van der Waals surface area (Å²) in [5.74, 6) is -0.628. The molecule has 140 valence electrons. The van der Waals surface area contributed by atoms with E-state index in [1.807, 2.05) is 25.1 Å². The SMILES string of the molecule is Cc1cc(C(=O)N2C[C@@H](C(=O)O)[C@H](C3CC3)C2)ccc1N1CCOCC1. The Labute approximate surface area is 153 Å². The van der Waals surface area contributed by atoms with Gasteiger partial charge in [0.05, 0.1) is 19.1 Å². The molecule has 1 N–H and O–H groups in total. The van der Waals surface area contributed by atoms with Crippen molar-refractivity contribution in [1.29, 1.82) is 0 Å². The van der Waals surface area contributed by atoms with Gasteiger partial charge in [0.2, 0.25) is 0 Å². The van der Waals surface area contributed by atoms with Crippen LogP contribution < -0.4 is 4.90 Å². The lowest BCUT2D eigenvalue weighted by Gasteiger charge is -2.30. The molecule has 0 unspecified atom stereocenters. The minimum absolute atomic E-state index is 0.0453. The maximum Gasteiger partial charge on any atom is 0.308 e. The molecule has 1 saturated carbocycles. The van der Waals surface area contributed by atoms with E-state index in [0.29, 0.717) is 24.6 Å². The number of carbonyl (C=O) groups excluding carboxylic acids is 1. The fraction of sp³-hybridized carbons (Fsp3) is 0.600. The summed E-state index contributed by atoms with van der Waals surface area (Å²) in [5, 5.41) is 9.50. The fourth-order valence-electron chi connectivity index (χ4n) is 4.39. The summed E-state index contributed by atoms with van der Waals surface area (Å²) in [6.45, 7) is 6.12. The number of anilines is 1. The number of nitrogens with zero attached hydrogens (tertiary/aromatic N) is 2. The van der Waals surface area contributed by atoms with Crippen molar-refractivity contribution in [1.82, 2.24) is 4.90 Å². The molecule has 0 aromatic heterocycles. The molecule has 0 radical (unpaired) electrons. The third-order valence-electron chi connectivity index (χ3n) is 5.99. The molecule has 1 aliphatic carbocycles. The molecular weight excluding hydrogens is 332 g/mol. The smallest absolute Gasteiger partial charge is 0.308 e. The number of carboxylic acid groups (broad SMARTS) is 1. The molecule has 0 bridgehead atoms. The highest BCUT2D eigenvalue weighted by molar-refractivity contribution is 5.95. The number of carbonyl (C=O) groups is 2. The first-order valence-corrected chi connectivity index (χ1v) is 9.50. The number of amides is 1. The van der Waals surface area contributed by atoms with Crippen molar-refractivity contribution in [2.24, 2.45) is 17.8 Å². The molecule has 2 saturated heterocycles. The first-order valence-electron chi connectivity index (χ1n) is 9.50. The zero-order valence-electron chi connectivity index (χ0n) is 15.2. The first kappa shape index (κ1) is 17.3. The van der Waals surface area contributed by atoms with Crippen LogP contribution in [0.1, 0.15) is 28.8 Å². The van der Waals surface area contributed by atoms with Gasteiger partial charge in [-0.25, -0.2) is 0 Å². The van der Waals surface area contributed by atoms with E-state index in [0.717, 1.165) is 50.4 Å². The van der Waals surface area contributed by atoms with E-state index in [4.69, 9.17) is 4.74 Å². The molecular formula is C20H26N2O4. The topological polar surface area (TPSA) is 70.1 Å². The highest BCUT2D eigenvalue weighted by Crippen LogP contribution is 2.44. The molecule has 6 nitrogen and oxygen atoms in total. The van der Waals surface area contributed by atoms with E-state index in [1.165, 1.54) is 0 Å². The van der Waals surface area contributed by atoms with Crippen molar-refractivity contribution >= 4 is 17.6 Å². The third-order valence-corrected chi connectivity index (χ3v) is 5.99. The summed E-state index contributed by atoms with van der Waals surface area (Å²) in [5.41, 5.74) is 2.87. The zero-order valence-corrected chi connectivity index (χ0v) is 15.2. The fourth-order valence-corrected chi connectivity index (χ4v) is 4.39. The van der Waals surface area contributed by atoms with Gasteiger partial charge in [0, 0.05) is 37.4 Å². The Hall–Kier alpha value is -2.08. The highest BCUT2D eigenvalue weighted by atomic mass is 16.5. The van der Waals surface area contributed by atoms with Crippen LogP contribution in [-0.2, 0) is 9.53 Å². The number of aliphatic carboxylic acids is 1. The summed E-state index contributed by atoms with van der Waals surface area (Å²) in [6.07, 6.45) is 2.20. The average molecular weight is 358 g/mol. The van der Waals surface area contributed by atoms with Crippen molar-refractivity contribution < 1.29 is 19.4 Å². The normalized spacial score (nSPS) is 26.2. The van der Waals surface area contributed by atoms with Crippen LogP contribution in [0.2, 0.25) is 0 Å². The number of likely N-dealkylation sites (tertiary alicyclic amines) is 1. The van der Waals surface area contributed by atoms with E-state index < -0.39 is 11.9 Å². The lowest BCUT2D eigenvalue weighted by Crippen LogP contribution is -2.36. The molecule has 2 heterocycles. The van der Waals surface area contributed by atoms with Gasteiger partial charge in [-0.15, -0.1) is 0 Å². The molecule has 1 amide bonds. The van der Waals surface area contributed by atoms with Crippen LogP contribution in [0.3, 0.4) is 0 Å². The van der Waals surface area contributed by atoms with Crippen molar-refractivity contribution in [3.8, 4) is 0 Å². The second kappa shape index (κ2) is 6.91. The number of rotatable bonds is 4. The van der Waals surface area contributed by atoms with Crippen LogP contribution in [0.25, 0.3) is 0 Å². The highest BCUT2D eigenvalue weighted by Gasteiger charge is 2.46. The van der Waals surface area contributed by atoms with Gasteiger partial charge in [0.25, 0.3) is 5.91 Å². The average Bonchev–Trinajstić information content (AvgIpc) is 3.39. The van der Waals surface area contributed by atoms with E-state index >= 15 is 0 Å². The van der Waals surface area contributed by atoms with E-state index in [1.54, 1.807) is 4.90 Å². The van der Waals surface area contributed by atoms with Gasteiger partial charge in [0.15, 0.2) is 0 Å². The zero-order chi connectivity index (χ0) is 18.3. The van der Waals surface area contributed by atoms with Crippen LogP contribution in [-0.4, -0.2) is 61.3 Å². The molecule has 2 aliphatic heterocycles. The Morgan fingerprint density at radius 3 is 2.50 bits per heavy atom. The molecule has 3 fully saturated rings. The maximum atomic E-state index is 12.9. The van der Waals surface area contributed by atoms with Crippen molar-refractivity contribution in [3.63, 3.8) is 0 Å². The van der Waals surface area contributed by atoms with E-state index in [2.05, 4.69) is 4.90 Å². The standard InChI is InChI=1S/C20H26N2O4/c1-13-10-15(4-5-18(13)21-6-8-26-9-7-21)19(23)22-11-16(14-2-3-14)17(12-22)20(24)25/h4-5,10,14,16-17H,2-3,6-9,11-12H2,1H3,(H,24,25)/t16-,17+/m0/s1. The summed E-state index contributed by atoms with van der Waals surface area (Å²) in [4.78, 5) is 28.5. The van der Waals surface area contributed by atoms with Gasteiger partial charge in [0.1, 0.15) is 0 Å². The van der Waals surface area contributed by atoms with E-state index in [9.17, 15) is 14.7 Å². The Morgan fingerprint density at radius 2 is 1.88 bits per heavy atom. The molecule has 1 aromatic rings. The quantitative estimate of drug-likeness (QED) is 0.892. The molecule has 4 rings (SSSR count). The van der Waals surface area contributed by atoms with Gasteiger partial charge in [-0.1, -0.05) is 0 Å². The molecule has 1 aromatic carbocycles. The summed E-state index contributed by atoms with van der Waals surface area (Å²) < 4.78 is 5.40. The van der Waals surface area contributed by atoms with Gasteiger partial charge < -0.3 is 19.6 Å².